The van der Waals surface area contributed by atoms with Crippen LogP contribution in [-0.2, 0) is 14.3 Å². The molecule has 29 heavy (non-hydrogen) atoms. The van der Waals surface area contributed by atoms with E-state index in [-0.39, 0.29) is 6.61 Å². The van der Waals surface area contributed by atoms with Gasteiger partial charge in [0.05, 0.1) is 20.8 Å². The van der Waals surface area contributed by atoms with Crippen LogP contribution in [0.15, 0.2) is 48.5 Å². The van der Waals surface area contributed by atoms with Crippen molar-refractivity contribution < 1.29 is 28.2 Å². The molecule has 1 aliphatic carbocycles. The van der Waals surface area contributed by atoms with Crippen molar-refractivity contribution in [2.45, 2.75) is 19.3 Å². The summed E-state index contributed by atoms with van der Waals surface area (Å²) >= 11 is 0. The van der Waals surface area contributed by atoms with E-state index in [1.54, 1.807) is 50.4 Å². The first-order chi connectivity index (χ1) is 14.0. The van der Waals surface area contributed by atoms with Crippen molar-refractivity contribution in [3.8, 4) is 11.5 Å². The van der Waals surface area contributed by atoms with E-state index in [4.69, 9.17) is 14.2 Å². The minimum Gasteiger partial charge on any atom is -0.497 e. The number of hydrogen-bond acceptors (Lipinski definition) is 5. The summed E-state index contributed by atoms with van der Waals surface area (Å²) < 4.78 is 30.4. The first-order valence-electron chi connectivity index (χ1n) is 9.38. The highest BCUT2D eigenvalue weighted by atomic mass is 19.1. The van der Waals surface area contributed by atoms with E-state index in [0.29, 0.717) is 34.6 Å². The predicted molar refractivity (Wildman–Crippen MR) is 106 cm³/mol. The number of benzene rings is 2. The lowest BCUT2D eigenvalue weighted by atomic mass is 9.73. The molecule has 2 aromatic carbocycles. The molecule has 2 atom stereocenters. The number of esters is 1. The molecule has 0 unspecified atom stereocenters. The van der Waals surface area contributed by atoms with Crippen LogP contribution in [0, 0.1) is 11.7 Å². The molecule has 2 aromatic rings. The summed E-state index contributed by atoms with van der Waals surface area (Å²) in [6.45, 7) is 1.82. The number of ketones is 1. The normalized spacial score (nSPS) is 18.8. The molecule has 0 amide bonds. The number of carbonyl (C=O) groups is 2. The van der Waals surface area contributed by atoms with Crippen LogP contribution in [0.5, 0.6) is 11.5 Å². The minimum atomic E-state index is -1.08. The number of methoxy groups -OCH3 is 2. The van der Waals surface area contributed by atoms with Crippen LogP contribution in [0.25, 0.3) is 5.57 Å². The van der Waals surface area contributed by atoms with Crippen LogP contribution >= 0.6 is 0 Å². The lowest BCUT2D eigenvalue weighted by molar-refractivity contribution is -0.151. The van der Waals surface area contributed by atoms with E-state index in [9.17, 15) is 14.0 Å². The molecule has 0 radical (unpaired) electrons. The maximum Gasteiger partial charge on any atom is 0.317 e. The van der Waals surface area contributed by atoms with Crippen LogP contribution < -0.4 is 9.47 Å². The lowest BCUT2D eigenvalue weighted by Gasteiger charge is -2.30. The quantitative estimate of drug-likeness (QED) is 0.540. The molecule has 0 fully saturated rings. The van der Waals surface area contributed by atoms with E-state index < -0.39 is 29.4 Å². The Bertz CT molecular complexity index is 950. The second-order valence-electron chi connectivity index (χ2n) is 6.70. The zero-order valence-electron chi connectivity index (χ0n) is 16.6. The Morgan fingerprint density at radius 1 is 1.14 bits per heavy atom. The number of allylic oxidation sites excluding steroid dienone is 2. The van der Waals surface area contributed by atoms with Crippen LogP contribution in [0.3, 0.4) is 0 Å². The highest BCUT2D eigenvalue weighted by Gasteiger charge is 2.41. The van der Waals surface area contributed by atoms with E-state index >= 15 is 0 Å². The second kappa shape index (κ2) is 8.90. The smallest absolute Gasteiger partial charge is 0.317 e. The number of hydrogen-bond donors (Lipinski definition) is 0. The molecule has 0 aliphatic heterocycles. The van der Waals surface area contributed by atoms with E-state index in [0.717, 1.165) is 0 Å². The van der Waals surface area contributed by atoms with Crippen LogP contribution in [0.2, 0.25) is 0 Å². The summed E-state index contributed by atoms with van der Waals surface area (Å²) in [5.41, 5.74) is 1.69. The second-order valence-corrected chi connectivity index (χ2v) is 6.70. The zero-order valence-corrected chi connectivity index (χ0v) is 16.6. The Hall–Kier alpha value is -3.15. The Kier molecular flexibility index (Phi) is 6.32. The first-order valence-corrected chi connectivity index (χ1v) is 9.38. The first kappa shape index (κ1) is 20.6. The molecule has 0 bridgehead atoms. The molecule has 0 heterocycles. The highest BCUT2D eigenvalue weighted by molar-refractivity contribution is 6.11. The number of halogens is 1. The SMILES string of the molecule is CCOC(=O)[C@@H]1C(=O)C=C(c2ccc(OC)cc2OC)C[C@@H]1c1ccccc1F. The third-order valence-corrected chi connectivity index (χ3v) is 5.07. The average Bonchev–Trinajstić information content (AvgIpc) is 2.73. The molecular formula is C23H23FO5. The van der Waals surface area contributed by atoms with Crippen molar-refractivity contribution in [2.24, 2.45) is 5.92 Å². The molecule has 3 rings (SSSR count). The third-order valence-electron chi connectivity index (χ3n) is 5.07. The fourth-order valence-electron chi connectivity index (χ4n) is 3.70. The van der Waals surface area contributed by atoms with Crippen molar-refractivity contribution in [1.29, 1.82) is 0 Å². The van der Waals surface area contributed by atoms with Gasteiger partial charge in [-0.05, 0) is 48.8 Å². The zero-order chi connectivity index (χ0) is 21.0. The third kappa shape index (κ3) is 4.16. The topological polar surface area (TPSA) is 61.8 Å². The highest BCUT2D eigenvalue weighted by Crippen LogP contribution is 2.43. The van der Waals surface area contributed by atoms with Gasteiger partial charge in [0.2, 0.25) is 0 Å². The van der Waals surface area contributed by atoms with Gasteiger partial charge in [-0.15, -0.1) is 0 Å². The van der Waals surface area contributed by atoms with Gasteiger partial charge in [-0.3, -0.25) is 9.59 Å². The Morgan fingerprint density at radius 3 is 2.55 bits per heavy atom. The molecule has 0 aromatic heterocycles. The fraction of sp³-hybridized carbons (Fsp3) is 0.304. The number of ether oxygens (including phenoxy) is 3. The molecule has 6 heteroatoms. The maximum absolute atomic E-state index is 14.6. The van der Waals surface area contributed by atoms with E-state index in [1.165, 1.54) is 19.3 Å². The van der Waals surface area contributed by atoms with Crippen molar-refractivity contribution in [3.05, 3.63) is 65.5 Å². The van der Waals surface area contributed by atoms with Crippen LogP contribution in [-0.4, -0.2) is 32.6 Å². The number of carbonyl (C=O) groups excluding carboxylic acids is 2. The van der Waals surface area contributed by atoms with Crippen molar-refractivity contribution in [3.63, 3.8) is 0 Å². The summed E-state index contributed by atoms with van der Waals surface area (Å²) in [6.07, 6.45) is 1.72. The molecular weight excluding hydrogens is 375 g/mol. The van der Waals surface area contributed by atoms with Gasteiger partial charge in [0.15, 0.2) is 5.78 Å². The average molecular weight is 398 g/mol. The Labute approximate surface area is 169 Å². The van der Waals surface area contributed by atoms with E-state index in [2.05, 4.69) is 0 Å². The number of rotatable bonds is 6. The van der Waals surface area contributed by atoms with Crippen molar-refractivity contribution in [1.82, 2.24) is 0 Å². The van der Waals surface area contributed by atoms with Gasteiger partial charge >= 0.3 is 5.97 Å². The van der Waals surface area contributed by atoms with Crippen LogP contribution in [0.1, 0.15) is 30.4 Å². The molecule has 1 aliphatic rings. The monoisotopic (exact) mass is 398 g/mol. The molecule has 0 N–H and O–H groups in total. The lowest BCUT2D eigenvalue weighted by Crippen LogP contribution is -2.34. The van der Waals surface area contributed by atoms with Crippen molar-refractivity contribution >= 4 is 17.3 Å². The summed E-state index contributed by atoms with van der Waals surface area (Å²) in [6, 6.07) is 11.5. The molecule has 0 spiro atoms. The molecule has 0 saturated heterocycles. The summed E-state index contributed by atoms with van der Waals surface area (Å²) in [5.74, 6) is -2.11. The Balaban J connectivity index is 2.08. The maximum atomic E-state index is 14.6. The Morgan fingerprint density at radius 2 is 1.90 bits per heavy atom. The summed E-state index contributed by atoms with van der Waals surface area (Å²) in [4.78, 5) is 25.5. The van der Waals surface area contributed by atoms with E-state index in [1.807, 2.05) is 0 Å². The predicted octanol–water partition coefficient (Wildman–Crippen LogP) is 4.16. The minimum absolute atomic E-state index is 0.148. The van der Waals surface area contributed by atoms with Gasteiger partial charge in [0, 0.05) is 17.5 Å². The van der Waals surface area contributed by atoms with Crippen LogP contribution in [0.4, 0.5) is 4.39 Å². The van der Waals surface area contributed by atoms with Gasteiger partial charge in [-0.25, -0.2) is 4.39 Å². The summed E-state index contributed by atoms with van der Waals surface area (Å²) in [5, 5.41) is 0. The largest absolute Gasteiger partial charge is 0.497 e. The van der Waals surface area contributed by atoms with Gasteiger partial charge in [-0.1, -0.05) is 18.2 Å². The van der Waals surface area contributed by atoms with Gasteiger partial charge in [0.1, 0.15) is 23.2 Å². The standard InChI is InChI=1S/C23H23FO5/c1-4-29-23(26)22-18(17-7-5-6-8-19(17)24)11-14(12-20(22)25)16-10-9-15(27-2)13-21(16)28-3/h5-10,12-13,18,22H,4,11H2,1-3H3/t18-,22+/m1/s1. The molecule has 5 nitrogen and oxygen atoms in total. The van der Waals surface area contributed by atoms with Gasteiger partial charge in [0.25, 0.3) is 0 Å². The molecule has 0 saturated carbocycles. The molecule has 152 valence electrons. The van der Waals surface area contributed by atoms with Crippen molar-refractivity contribution in [2.75, 3.05) is 20.8 Å². The van der Waals surface area contributed by atoms with Gasteiger partial charge < -0.3 is 14.2 Å². The summed E-state index contributed by atoms with van der Waals surface area (Å²) in [7, 11) is 3.08. The van der Waals surface area contributed by atoms with Gasteiger partial charge in [-0.2, -0.15) is 0 Å². The fourth-order valence-corrected chi connectivity index (χ4v) is 3.70.